The van der Waals surface area contributed by atoms with E-state index in [1.165, 1.54) is 12.2 Å². The van der Waals surface area contributed by atoms with Crippen molar-refractivity contribution in [1.82, 2.24) is 0 Å². The highest BCUT2D eigenvalue weighted by molar-refractivity contribution is 6.75. The van der Waals surface area contributed by atoms with Crippen LogP contribution in [0.5, 0.6) is 0 Å². The zero-order chi connectivity index (χ0) is 7.33. The van der Waals surface area contributed by atoms with E-state index in [2.05, 4.69) is 9.32 Å². The Morgan fingerprint density at radius 2 is 1.44 bits per heavy atom. The summed E-state index contributed by atoms with van der Waals surface area (Å²) >= 11 is 0. The van der Waals surface area contributed by atoms with Gasteiger partial charge in [0.05, 0.1) is 0 Å². The maximum Gasteiger partial charge on any atom is 0.325 e. The van der Waals surface area contributed by atoms with Crippen molar-refractivity contribution < 1.29 is 9.59 Å². The van der Waals surface area contributed by atoms with Gasteiger partial charge in [0.15, 0.2) is 0 Å². The van der Waals surface area contributed by atoms with Crippen LogP contribution < -0.4 is 0 Å². The van der Waals surface area contributed by atoms with Crippen molar-refractivity contribution in [2.45, 2.75) is 13.1 Å². The zero-order valence-electron chi connectivity index (χ0n) is 5.21. The molecular weight excluding hydrogens is 136 g/mol. The molecular formula is C4H6N2O2Si. The largest absolute Gasteiger partial charge is 0.325 e. The Morgan fingerprint density at radius 1 is 1.11 bits per heavy atom. The van der Waals surface area contributed by atoms with Gasteiger partial charge in [-0.25, -0.2) is 18.9 Å². The maximum absolute atomic E-state index is 9.65. The van der Waals surface area contributed by atoms with Crippen molar-refractivity contribution in [3.8, 4) is 0 Å². The highest BCUT2D eigenvalue weighted by Gasteiger charge is 2.18. The van der Waals surface area contributed by atoms with Crippen molar-refractivity contribution in [2.75, 3.05) is 0 Å². The Hall–Kier alpha value is -1.02. The van der Waals surface area contributed by atoms with Gasteiger partial charge >= 0.3 is 8.40 Å². The first-order chi connectivity index (χ1) is 4.12. The molecule has 0 aliphatic rings. The van der Waals surface area contributed by atoms with Crippen LogP contribution in [-0.4, -0.2) is 20.6 Å². The van der Waals surface area contributed by atoms with E-state index >= 15 is 0 Å². The minimum Gasteiger partial charge on any atom is -0.219 e. The average molecular weight is 142 g/mol. The van der Waals surface area contributed by atoms with Gasteiger partial charge in [-0.05, 0) is 13.1 Å². The molecule has 0 aromatic rings. The summed E-state index contributed by atoms with van der Waals surface area (Å²) in [4.78, 5) is 19.3. The van der Waals surface area contributed by atoms with E-state index in [1.807, 2.05) is 0 Å². The molecule has 0 aliphatic carbocycles. The Bertz CT molecular complexity index is 169. The molecule has 5 heteroatoms. The molecule has 9 heavy (non-hydrogen) atoms. The SMILES string of the molecule is C[Si](C)(N=C=O)N=C=O. The van der Waals surface area contributed by atoms with Crippen LogP contribution in [0, 0.1) is 0 Å². The predicted octanol–water partition coefficient (Wildman–Crippen LogP) is 0.360. The summed E-state index contributed by atoms with van der Waals surface area (Å²) in [6, 6.07) is 0. The smallest absolute Gasteiger partial charge is 0.219 e. The van der Waals surface area contributed by atoms with E-state index in [0.29, 0.717) is 0 Å². The van der Waals surface area contributed by atoms with E-state index < -0.39 is 8.40 Å². The van der Waals surface area contributed by atoms with Crippen molar-refractivity contribution in [3.05, 3.63) is 0 Å². The van der Waals surface area contributed by atoms with Gasteiger partial charge in [0, 0.05) is 0 Å². The molecule has 0 aliphatic heterocycles. The zero-order valence-corrected chi connectivity index (χ0v) is 6.21. The third-order valence-electron chi connectivity index (χ3n) is 0.639. The Labute approximate surface area is 53.5 Å². The summed E-state index contributed by atoms with van der Waals surface area (Å²) in [5.74, 6) is 0. The van der Waals surface area contributed by atoms with E-state index in [0.717, 1.165) is 0 Å². The molecule has 0 rings (SSSR count). The number of nitrogens with zero attached hydrogens (tertiary/aromatic N) is 2. The van der Waals surface area contributed by atoms with Crippen LogP contribution in [0.25, 0.3) is 0 Å². The second-order valence-corrected chi connectivity index (χ2v) is 5.34. The maximum atomic E-state index is 9.65. The molecule has 0 aromatic heterocycles. The van der Waals surface area contributed by atoms with Crippen LogP contribution in [0.4, 0.5) is 0 Å². The first-order valence-corrected chi connectivity index (χ1v) is 5.20. The van der Waals surface area contributed by atoms with E-state index in [-0.39, 0.29) is 0 Å². The van der Waals surface area contributed by atoms with Crippen LogP contribution in [0.15, 0.2) is 9.32 Å². The van der Waals surface area contributed by atoms with Gasteiger partial charge in [0.25, 0.3) is 0 Å². The van der Waals surface area contributed by atoms with Crippen LogP contribution in [0.3, 0.4) is 0 Å². The molecule has 0 fully saturated rings. The number of isocyanates is 2. The quantitative estimate of drug-likeness (QED) is 0.317. The Kier molecular flexibility index (Phi) is 2.74. The van der Waals surface area contributed by atoms with E-state index in [9.17, 15) is 9.59 Å². The molecule has 0 bridgehead atoms. The van der Waals surface area contributed by atoms with Gasteiger partial charge in [-0.1, -0.05) is 0 Å². The molecule has 0 N–H and O–H groups in total. The fourth-order valence-corrected chi connectivity index (χ4v) is 0.745. The molecule has 48 valence electrons. The molecule has 0 unspecified atom stereocenters. The topological polar surface area (TPSA) is 58.9 Å². The van der Waals surface area contributed by atoms with Gasteiger partial charge in [0.1, 0.15) is 0 Å². The summed E-state index contributed by atoms with van der Waals surface area (Å²) < 4.78 is 6.70. The Balaban J connectivity index is 4.36. The Morgan fingerprint density at radius 3 is 1.67 bits per heavy atom. The highest BCUT2D eigenvalue weighted by Crippen LogP contribution is 2.01. The lowest BCUT2D eigenvalue weighted by Crippen LogP contribution is -2.18. The minimum atomic E-state index is -2.30. The van der Waals surface area contributed by atoms with Crippen LogP contribution in [-0.2, 0) is 9.59 Å². The second kappa shape index (κ2) is 3.09. The fourth-order valence-electron chi connectivity index (χ4n) is 0.248. The lowest BCUT2D eigenvalue weighted by atomic mass is 11.7. The first-order valence-electron chi connectivity index (χ1n) is 2.30. The van der Waals surface area contributed by atoms with Gasteiger partial charge < -0.3 is 0 Å². The standard InChI is InChI=1S/C4H6N2O2Si/c1-9(2,5-3-7)6-4-8/h1-2H3. The third-order valence-corrected chi connectivity index (χ3v) is 1.92. The van der Waals surface area contributed by atoms with Crippen molar-refractivity contribution in [3.63, 3.8) is 0 Å². The molecule has 0 atom stereocenters. The average Bonchev–Trinajstić information content (AvgIpc) is 1.64. The molecule has 4 nitrogen and oxygen atoms in total. The van der Waals surface area contributed by atoms with Gasteiger partial charge in [0.2, 0.25) is 12.2 Å². The van der Waals surface area contributed by atoms with Gasteiger partial charge in [-0.15, -0.1) is 0 Å². The first kappa shape index (κ1) is 7.98. The molecule has 0 radical (unpaired) electrons. The third kappa shape index (κ3) is 3.55. The molecule has 0 amide bonds. The summed E-state index contributed by atoms with van der Waals surface area (Å²) in [5.41, 5.74) is 0. The fraction of sp³-hybridized carbons (Fsp3) is 0.500. The van der Waals surface area contributed by atoms with Gasteiger partial charge in [-0.3, -0.25) is 0 Å². The highest BCUT2D eigenvalue weighted by atomic mass is 28.3. The number of carbonyl (C=O) groups excluding carboxylic acids is 2. The molecule has 0 saturated carbocycles. The van der Waals surface area contributed by atoms with Gasteiger partial charge in [-0.2, -0.15) is 0 Å². The number of hydrogen-bond acceptors (Lipinski definition) is 4. The summed E-state index contributed by atoms with van der Waals surface area (Å²) in [6.07, 6.45) is 2.71. The van der Waals surface area contributed by atoms with Crippen LogP contribution >= 0.6 is 0 Å². The lowest BCUT2D eigenvalue weighted by Gasteiger charge is -2.00. The lowest BCUT2D eigenvalue weighted by molar-refractivity contribution is 0.565. The van der Waals surface area contributed by atoms with Crippen molar-refractivity contribution >= 4 is 20.6 Å². The second-order valence-electron chi connectivity index (χ2n) is 1.90. The summed E-state index contributed by atoms with van der Waals surface area (Å²) in [5, 5.41) is 0. The van der Waals surface area contributed by atoms with E-state index in [4.69, 9.17) is 0 Å². The van der Waals surface area contributed by atoms with Crippen molar-refractivity contribution in [1.29, 1.82) is 0 Å². The summed E-state index contributed by atoms with van der Waals surface area (Å²) in [7, 11) is -2.30. The molecule has 0 heterocycles. The number of rotatable bonds is 2. The minimum absolute atomic E-state index is 1.36. The monoisotopic (exact) mass is 142 g/mol. The normalized spacial score (nSPS) is 9.11. The van der Waals surface area contributed by atoms with Crippen molar-refractivity contribution in [2.24, 2.45) is 9.32 Å². The summed E-state index contributed by atoms with van der Waals surface area (Å²) in [6.45, 7) is 3.28. The predicted molar refractivity (Wildman–Crippen MR) is 33.7 cm³/mol. The molecule has 0 aromatic carbocycles. The number of hydrogen-bond donors (Lipinski definition) is 0. The molecule has 0 saturated heterocycles. The van der Waals surface area contributed by atoms with Crippen LogP contribution in [0.1, 0.15) is 0 Å². The van der Waals surface area contributed by atoms with Crippen LogP contribution in [0.2, 0.25) is 13.1 Å². The molecule has 0 spiro atoms. The van der Waals surface area contributed by atoms with E-state index in [1.54, 1.807) is 13.1 Å².